The van der Waals surface area contributed by atoms with Crippen molar-refractivity contribution in [3.05, 3.63) is 30.1 Å². The van der Waals surface area contributed by atoms with Crippen LogP contribution in [0.25, 0.3) is 0 Å². The van der Waals surface area contributed by atoms with Crippen LogP contribution in [-0.2, 0) is 6.54 Å². The summed E-state index contributed by atoms with van der Waals surface area (Å²) < 4.78 is 41.9. The number of benzene rings is 1. The molecule has 12 heteroatoms. The number of halogens is 3. The summed E-state index contributed by atoms with van der Waals surface area (Å²) in [6.45, 7) is 0.00750. The fraction of sp³-hybridized carbons (Fsp3) is 0.333. The van der Waals surface area contributed by atoms with Gasteiger partial charge in [-0.1, -0.05) is 0 Å². The van der Waals surface area contributed by atoms with Crippen LogP contribution in [0.15, 0.2) is 29.2 Å². The smallest absolute Gasteiger partial charge is 0.446 e. The van der Waals surface area contributed by atoms with Crippen molar-refractivity contribution in [3.8, 4) is 6.01 Å². The standard InChI is InChI=1S/C15H17F3N6O2S/c1-24(2)12-21-11(22-14(23-12)26-3)8-19-13(25)20-9-4-6-10(7-5-9)27-15(16,17)18/h4-7H,8H2,1-3H3,(H2,19,20,25). The van der Waals surface area contributed by atoms with Gasteiger partial charge >= 0.3 is 17.5 Å². The molecular formula is C15H17F3N6O2S. The number of alkyl halides is 3. The van der Waals surface area contributed by atoms with Gasteiger partial charge in [0.1, 0.15) is 0 Å². The van der Waals surface area contributed by atoms with E-state index in [1.165, 1.54) is 31.4 Å². The highest BCUT2D eigenvalue weighted by atomic mass is 32.2. The van der Waals surface area contributed by atoms with E-state index < -0.39 is 11.5 Å². The molecule has 2 rings (SSSR count). The van der Waals surface area contributed by atoms with Crippen LogP contribution < -0.4 is 20.3 Å². The number of aromatic nitrogens is 3. The lowest BCUT2D eigenvalue weighted by molar-refractivity contribution is -0.0328. The first-order valence-corrected chi connectivity index (χ1v) is 8.35. The molecule has 1 heterocycles. The molecule has 0 radical (unpaired) electrons. The summed E-state index contributed by atoms with van der Waals surface area (Å²) >= 11 is -0.224. The number of rotatable bonds is 6. The maximum absolute atomic E-state index is 12.3. The second-order valence-electron chi connectivity index (χ2n) is 5.31. The Morgan fingerprint density at radius 3 is 2.41 bits per heavy atom. The van der Waals surface area contributed by atoms with E-state index in [9.17, 15) is 18.0 Å². The van der Waals surface area contributed by atoms with E-state index in [0.29, 0.717) is 11.6 Å². The lowest BCUT2D eigenvalue weighted by Gasteiger charge is -2.12. The Bertz CT molecular complexity index is 786. The molecular weight excluding hydrogens is 385 g/mol. The molecule has 0 fully saturated rings. The maximum Gasteiger partial charge on any atom is 0.446 e. The normalized spacial score (nSPS) is 11.0. The van der Waals surface area contributed by atoms with Crippen LogP contribution in [0.2, 0.25) is 0 Å². The SMILES string of the molecule is COc1nc(CNC(=O)Nc2ccc(SC(F)(F)F)cc2)nc(N(C)C)n1. The summed E-state index contributed by atoms with van der Waals surface area (Å²) in [5.74, 6) is 0.662. The monoisotopic (exact) mass is 402 g/mol. The van der Waals surface area contributed by atoms with Gasteiger partial charge in [-0.25, -0.2) is 4.79 Å². The first-order valence-electron chi connectivity index (χ1n) is 7.53. The molecule has 0 spiro atoms. The van der Waals surface area contributed by atoms with Gasteiger partial charge in [-0.15, -0.1) is 0 Å². The van der Waals surface area contributed by atoms with Gasteiger partial charge in [0.2, 0.25) is 5.95 Å². The molecule has 2 aromatic rings. The third-order valence-electron chi connectivity index (χ3n) is 2.98. The van der Waals surface area contributed by atoms with Gasteiger partial charge in [-0.2, -0.15) is 28.1 Å². The van der Waals surface area contributed by atoms with Crippen molar-refractivity contribution in [2.24, 2.45) is 0 Å². The highest BCUT2D eigenvalue weighted by Gasteiger charge is 2.29. The number of hydrogen-bond donors (Lipinski definition) is 2. The Morgan fingerprint density at radius 2 is 1.85 bits per heavy atom. The van der Waals surface area contributed by atoms with Crippen LogP contribution in [-0.4, -0.2) is 47.7 Å². The summed E-state index contributed by atoms with van der Waals surface area (Å²) in [6, 6.07) is 4.86. The molecule has 27 heavy (non-hydrogen) atoms. The molecule has 0 aliphatic rings. The van der Waals surface area contributed by atoms with E-state index >= 15 is 0 Å². The molecule has 0 saturated carbocycles. The Hall–Kier alpha value is -2.76. The quantitative estimate of drug-likeness (QED) is 0.718. The zero-order chi connectivity index (χ0) is 20.0. The van der Waals surface area contributed by atoms with Crippen molar-refractivity contribution in [3.63, 3.8) is 0 Å². The van der Waals surface area contributed by atoms with Gasteiger partial charge < -0.3 is 20.3 Å². The summed E-state index contributed by atoms with van der Waals surface area (Å²) in [4.78, 5) is 25.9. The number of hydrogen-bond acceptors (Lipinski definition) is 7. The number of thioether (sulfide) groups is 1. The maximum atomic E-state index is 12.3. The predicted molar refractivity (Wildman–Crippen MR) is 94.9 cm³/mol. The second-order valence-corrected chi connectivity index (χ2v) is 6.45. The lowest BCUT2D eigenvalue weighted by Crippen LogP contribution is -2.29. The lowest BCUT2D eigenvalue weighted by atomic mass is 10.3. The van der Waals surface area contributed by atoms with Gasteiger partial charge in [0, 0.05) is 24.7 Å². The Balaban J connectivity index is 1.93. The average Bonchev–Trinajstić information content (AvgIpc) is 2.60. The number of amides is 2. The average molecular weight is 402 g/mol. The van der Waals surface area contributed by atoms with Gasteiger partial charge in [0.15, 0.2) is 5.82 Å². The summed E-state index contributed by atoms with van der Waals surface area (Å²) in [6.07, 6.45) is 0. The molecule has 0 atom stereocenters. The topological polar surface area (TPSA) is 92.3 Å². The van der Waals surface area contributed by atoms with Crippen LogP contribution in [0.5, 0.6) is 6.01 Å². The molecule has 0 bridgehead atoms. The number of urea groups is 1. The number of anilines is 2. The number of methoxy groups -OCH3 is 1. The largest absolute Gasteiger partial charge is 0.467 e. The molecule has 0 saturated heterocycles. The molecule has 1 aromatic heterocycles. The Morgan fingerprint density at radius 1 is 1.19 bits per heavy atom. The van der Waals surface area contributed by atoms with Crippen LogP contribution in [0.1, 0.15) is 5.82 Å². The van der Waals surface area contributed by atoms with Crippen molar-refractivity contribution in [2.75, 3.05) is 31.4 Å². The van der Waals surface area contributed by atoms with Gasteiger partial charge in [-0.05, 0) is 36.0 Å². The zero-order valence-electron chi connectivity index (χ0n) is 14.7. The number of ether oxygens (including phenoxy) is 1. The van der Waals surface area contributed by atoms with Gasteiger partial charge in [0.25, 0.3) is 0 Å². The van der Waals surface area contributed by atoms with Crippen molar-refractivity contribution >= 4 is 29.4 Å². The Kier molecular flexibility index (Phi) is 6.66. The second kappa shape index (κ2) is 8.75. The highest BCUT2D eigenvalue weighted by molar-refractivity contribution is 8.00. The van der Waals surface area contributed by atoms with Crippen molar-refractivity contribution in [2.45, 2.75) is 16.9 Å². The number of nitrogens with zero attached hydrogens (tertiary/aromatic N) is 4. The first-order chi connectivity index (χ1) is 12.7. The van der Waals surface area contributed by atoms with E-state index in [0.717, 1.165) is 0 Å². The summed E-state index contributed by atoms with van der Waals surface area (Å²) in [5.41, 5.74) is -4.01. The molecule has 0 aliphatic carbocycles. The minimum absolute atomic E-state index is 0.00750. The fourth-order valence-electron chi connectivity index (χ4n) is 1.83. The molecule has 2 amide bonds. The number of nitrogens with one attached hydrogen (secondary N) is 2. The molecule has 146 valence electrons. The minimum atomic E-state index is -4.36. The fourth-order valence-corrected chi connectivity index (χ4v) is 2.37. The summed E-state index contributed by atoms with van der Waals surface area (Å²) in [7, 11) is 4.91. The van der Waals surface area contributed by atoms with Gasteiger partial charge in [0.05, 0.1) is 13.7 Å². The van der Waals surface area contributed by atoms with Crippen LogP contribution in [0.4, 0.5) is 29.6 Å². The first kappa shape index (κ1) is 20.6. The van der Waals surface area contributed by atoms with E-state index in [1.807, 2.05) is 0 Å². The molecule has 2 N–H and O–H groups in total. The van der Waals surface area contributed by atoms with Crippen LogP contribution >= 0.6 is 11.8 Å². The van der Waals surface area contributed by atoms with Crippen LogP contribution in [0.3, 0.4) is 0 Å². The highest BCUT2D eigenvalue weighted by Crippen LogP contribution is 2.36. The third kappa shape index (κ3) is 6.81. The molecule has 8 nitrogen and oxygen atoms in total. The Labute approximate surface area is 157 Å². The van der Waals surface area contributed by atoms with Crippen LogP contribution in [0, 0.1) is 0 Å². The molecule has 1 aromatic carbocycles. The minimum Gasteiger partial charge on any atom is -0.467 e. The van der Waals surface area contributed by atoms with E-state index in [-0.39, 0.29) is 35.0 Å². The van der Waals surface area contributed by atoms with E-state index in [4.69, 9.17) is 4.74 Å². The zero-order valence-corrected chi connectivity index (χ0v) is 15.5. The van der Waals surface area contributed by atoms with E-state index in [1.54, 1.807) is 19.0 Å². The number of carbonyl (C=O) groups excluding carboxylic acids is 1. The predicted octanol–water partition coefficient (Wildman–Crippen LogP) is 2.88. The summed E-state index contributed by atoms with van der Waals surface area (Å²) in [5, 5.41) is 5.07. The molecule has 0 unspecified atom stereocenters. The van der Waals surface area contributed by atoms with Crippen molar-refractivity contribution in [1.29, 1.82) is 0 Å². The van der Waals surface area contributed by atoms with Crippen molar-refractivity contribution < 1.29 is 22.7 Å². The third-order valence-corrected chi connectivity index (χ3v) is 3.72. The number of carbonyl (C=O) groups is 1. The molecule has 0 aliphatic heterocycles. The van der Waals surface area contributed by atoms with E-state index in [2.05, 4.69) is 25.6 Å². The van der Waals surface area contributed by atoms with Gasteiger partial charge in [-0.3, -0.25) is 0 Å². The van der Waals surface area contributed by atoms with Crippen molar-refractivity contribution in [1.82, 2.24) is 20.3 Å².